The molecule has 1 N–H and O–H groups in total. The highest BCUT2D eigenvalue weighted by Crippen LogP contribution is 2.15. The van der Waals surface area contributed by atoms with E-state index in [-0.39, 0.29) is 17.9 Å². The van der Waals surface area contributed by atoms with E-state index < -0.39 is 0 Å². The summed E-state index contributed by atoms with van der Waals surface area (Å²) in [5.74, 6) is 2.31. The van der Waals surface area contributed by atoms with E-state index in [4.69, 9.17) is 11.6 Å². The molecule has 3 rings (SSSR count). The summed E-state index contributed by atoms with van der Waals surface area (Å²) in [6.07, 6.45) is 0.554. The minimum atomic E-state index is 0.00381. The van der Waals surface area contributed by atoms with Gasteiger partial charge in [-0.25, -0.2) is 0 Å². The van der Waals surface area contributed by atoms with Crippen molar-refractivity contribution in [1.29, 1.82) is 0 Å². The molecule has 0 aromatic heterocycles. The van der Waals surface area contributed by atoms with Crippen LogP contribution in [0.15, 0.2) is 24.3 Å². The minimum Gasteiger partial charge on any atom is -0.339 e. The van der Waals surface area contributed by atoms with E-state index >= 15 is 0 Å². The Morgan fingerprint density at radius 1 is 1.12 bits per heavy atom. The lowest BCUT2D eigenvalue weighted by Crippen LogP contribution is -2.52. The van der Waals surface area contributed by atoms with Crippen LogP contribution in [0.3, 0.4) is 0 Å². The second-order valence-corrected chi connectivity index (χ2v) is 7.70. The number of amides is 2. The lowest BCUT2D eigenvalue weighted by Gasteiger charge is -2.36. The van der Waals surface area contributed by atoms with Gasteiger partial charge in [-0.15, -0.1) is 0 Å². The molecule has 2 aliphatic heterocycles. The highest BCUT2D eigenvalue weighted by Gasteiger charge is 2.26. The first kappa shape index (κ1) is 17.6. The second kappa shape index (κ2) is 8.23. The largest absolute Gasteiger partial charge is 0.339 e. The number of benzene rings is 1. The number of carbonyl (C=O) groups excluding carboxylic acids is 2. The Bertz CT molecular complexity index is 582. The molecular weight excluding hydrogens is 346 g/mol. The molecule has 2 saturated heterocycles. The number of nitrogens with zero attached hydrogens (tertiary/aromatic N) is 2. The number of rotatable bonds is 3. The van der Waals surface area contributed by atoms with Crippen molar-refractivity contribution < 1.29 is 9.59 Å². The van der Waals surface area contributed by atoms with Crippen LogP contribution in [0.25, 0.3) is 0 Å². The number of nitrogens with one attached hydrogen (secondary N) is 1. The molecule has 1 aromatic rings. The molecule has 1 aromatic carbocycles. The predicted molar refractivity (Wildman–Crippen MR) is 97.7 cm³/mol. The van der Waals surface area contributed by atoms with Crippen molar-refractivity contribution in [2.75, 3.05) is 44.2 Å². The molecule has 7 heteroatoms. The summed E-state index contributed by atoms with van der Waals surface area (Å²) >= 11 is 7.76. The van der Waals surface area contributed by atoms with E-state index in [0.717, 1.165) is 18.1 Å². The van der Waals surface area contributed by atoms with Crippen LogP contribution in [0.1, 0.15) is 16.8 Å². The molecule has 2 heterocycles. The van der Waals surface area contributed by atoms with Crippen LogP contribution in [-0.2, 0) is 4.79 Å². The van der Waals surface area contributed by atoms with Gasteiger partial charge in [0.15, 0.2) is 0 Å². The Labute approximate surface area is 151 Å². The van der Waals surface area contributed by atoms with Gasteiger partial charge in [0.05, 0.1) is 0 Å². The molecule has 1 unspecified atom stereocenters. The number of carbonyl (C=O) groups is 2. The van der Waals surface area contributed by atoms with Gasteiger partial charge in [0.2, 0.25) is 5.91 Å². The van der Waals surface area contributed by atoms with Crippen LogP contribution in [-0.4, -0.2) is 71.9 Å². The van der Waals surface area contributed by atoms with E-state index in [0.29, 0.717) is 43.2 Å². The summed E-state index contributed by atoms with van der Waals surface area (Å²) in [6.45, 7) is 3.36. The average Bonchev–Trinajstić information content (AvgIpc) is 2.63. The standard InChI is InChI=1S/C17H22ClN3O2S/c18-14-3-1-13(2-4-14)17(23)21-8-6-20(7-9-21)16(22)11-15-12-24-10-5-19-15/h1-4,15,19H,5-12H2. The average molecular weight is 368 g/mol. The minimum absolute atomic E-state index is 0.00381. The smallest absolute Gasteiger partial charge is 0.253 e. The zero-order valence-corrected chi connectivity index (χ0v) is 15.1. The topological polar surface area (TPSA) is 52.7 Å². The molecule has 2 aliphatic rings. The van der Waals surface area contributed by atoms with Gasteiger partial charge in [0.25, 0.3) is 5.91 Å². The second-order valence-electron chi connectivity index (χ2n) is 6.11. The number of piperazine rings is 1. The predicted octanol–water partition coefficient (Wildman–Crippen LogP) is 1.72. The van der Waals surface area contributed by atoms with Crippen molar-refractivity contribution in [3.05, 3.63) is 34.9 Å². The fourth-order valence-electron chi connectivity index (χ4n) is 3.02. The quantitative estimate of drug-likeness (QED) is 0.883. The maximum Gasteiger partial charge on any atom is 0.253 e. The maximum atomic E-state index is 12.5. The van der Waals surface area contributed by atoms with Crippen molar-refractivity contribution in [1.82, 2.24) is 15.1 Å². The summed E-state index contributed by atoms with van der Waals surface area (Å²) < 4.78 is 0. The van der Waals surface area contributed by atoms with Crippen molar-refractivity contribution in [2.45, 2.75) is 12.5 Å². The molecule has 0 spiro atoms. The van der Waals surface area contributed by atoms with E-state index in [1.165, 1.54) is 0 Å². The molecule has 2 amide bonds. The molecule has 24 heavy (non-hydrogen) atoms. The third-order valence-electron chi connectivity index (χ3n) is 4.43. The lowest BCUT2D eigenvalue weighted by atomic mass is 10.1. The van der Waals surface area contributed by atoms with Crippen molar-refractivity contribution >= 4 is 35.2 Å². The highest BCUT2D eigenvalue weighted by atomic mass is 35.5. The van der Waals surface area contributed by atoms with Gasteiger partial charge in [-0.05, 0) is 24.3 Å². The Kier molecular flexibility index (Phi) is 6.03. The van der Waals surface area contributed by atoms with E-state index in [1.54, 1.807) is 24.3 Å². The Balaban J connectivity index is 1.48. The molecule has 1 atom stereocenters. The van der Waals surface area contributed by atoms with Crippen molar-refractivity contribution in [2.24, 2.45) is 0 Å². The van der Waals surface area contributed by atoms with Crippen molar-refractivity contribution in [3.8, 4) is 0 Å². The van der Waals surface area contributed by atoms with Crippen LogP contribution in [0.2, 0.25) is 5.02 Å². The fourth-order valence-corrected chi connectivity index (χ4v) is 4.10. The SMILES string of the molecule is O=C(CC1CSCCN1)N1CCN(C(=O)c2ccc(Cl)cc2)CC1. The molecule has 2 fully saturated rings. The van der Waals surface area contributed by atoms with Crippen LogP contribution >= 0.6 is 23.4 Å². The summed E-state index contributed by atoms with van der Waals surface area (Å²) in [5, 5.41) is 4.02. The van der Waals surface area contributed by atoms with E-state index in [9.17, 15) is 9.59 Å². The lowest BCUT2D eigenvalue weighted by molar-refractivity contribution is -0.133. The fraction of sp³-hybridized carbons (Fsp3) is 0.529. The summed E-state index contributed by atoms with van der Waals surface area (Å²) in [4.78, 5) is 28.6. The monoisotopic (exact) mass is 367 g/mol. The van der Waals surface area contributed by atoms with Gasteiger partial charge in [0, 0.05) is 67.3 Å². The van der Waals surface area contributed by atoms with Crippen LogP contribution in [0.5, 0.6) is 0 Å². The van der Waals surface area contributed by atoms with E-state index in [2.05, 4.69) is 5.32 Å². The summed E-state index contributed by atoms with van der Waals surface area (Å²) in [6, 6.07) is 7.22. The van der Waals surface area contributed by atoms with Gasteiger partial charge in [-0.2, -0.15) is 11.8 Å². The van der Waals surface area contributed by atoms with Gasteiger partial charge >= 0.3 is 0 Å². The molecule has 0 bridgehead atoms. The van der Waals surface area contributed by atoms with Crippen molar-refractivity contribution in [3.63, 3.8) is 0 Å². The van der Waals surface area contributed by atoms with Gasteiger partial charge in [-0.1, -0.05) is 11.6 Å². The Morgan fingerprint density at radius 2 is 1.79 bits per heavy atom. The van der Waals surface area contributed by atoms with Gasteiger partial charge < -0.3 is 15.1 Å². The number of thioether (sulfide) groups is 1. The third-order valence-corrected chi connectivity index (χ3v) is 5.81. The summed E-state index contributed by atoms with van der Waals surface area (Å²) in [5.41, 5.74) is 0.641. The Morgan fingerprint density at radius 3 is 2.42 bits per heavy atom. The molecule has 0 radical (unpaired) electrons. The zero-order chi connectivity index (χ0) is 16.9. The van der Waals surface area contributed by atoms with Gasteiger partial charge in [0.1, 0.15) is 0 Å². The maximum absolute atomic E-state index is 12.5. The van der Waals surface area contributed by atoms with Crippen LogP contribution in [0, 0.1) is 0 Å². The molecule has 5 nitrogen and oxygen atoms in total. The Hall–Kier alpha value is -1.24. The summed E-state index contributed by atoms with van der Waals surface area (Å²) in [7, 11) is 0. The first-order chi connectivity index (χ1) is 11.6. The highest BCUT2D eigenvalue weighted by molar-refractivity contribution is 7.99. The number of hydrogen-bond donors (Lipinski definition) is 1. The van der Waals surface area contributed by atoms with Crippen LogP contribution in [0.4, 0.5) is 0 Å². The third kappa shape index (κ3) is 4.43. The molecule has 130 valence electrons. The number of halogens is 1. The molecular formula is C17H22ClN3O2S. The number of hydrogen-bond acceptors (Lipinski definition) is 4. The molecule has 0 saturated carbocycles. The van der Waals surface area contributed by atoms with Gasteiger partial charge in [-0.3, -0.25) is 9.59 Å². The first-order valence-electron chi connectivity index (χ1n) is 8.27. The first-order valence-corrected chi connectivity index (χ1v) is 9.80. The normalized spacial score (nSPS) is 21.6. The zero-order valence-electron chi connectivity index (χ0n) is 13.5. The van der Waals surface area contributed by atoms with Crippen LogP contribution < -0.4 is 5.32 Å². The molecule has 0 aliphatic carbocycles. The van der Waals surface area contributed by atoms with E-state index in [1.807, 2.05) is 21.6 Å².